The second kappa shape index (κ2) is 5.06. The van der Waals surface area contributed by atoms with Crippen molar-refractivity contribution in [3.8, 4) is 0 Å². The Labute approximate surface area is 116 Å². The molecule has 2 saturated heterocycles. The molecule has 0 aromatic carbocycles. The number of nitrogens with zero attached hydrogens (tertiary/aromatic N) is 1. The molecule has 0 spiro atoms. The molecule has 1 saturated carbocycles. The first-order chi connectivity index (χ1) is 9.06. The smallest absolute Gasteiger partial charge is 0.221 e. The van der Waals surface area contributed by atoms with Crippen molar-refractivity contribution in [2.45, 2.75) is 69.0 Å². The molecule has 0 radical (unpaired) electrons. The second-order valence-corrected chi connectivity index (χ2v) is 7.08. The molecule has 2 atom stereocenters. The minimum Gasteiger partial charge on any atom is -0.356 e. The number of nitrogens with one attached hydrogen (secondary N) is 1. The third kappa shape index (κ3) is 2.79. The van der Waals surface area contributed by atoms with Crippen LogP contribution in [0, 0.1) is 5.92 Å². The maximum Gasteiger partial charge on any atom is 0.221 e. The molecule has 19 heavy (non-hydrogen) atoms. The summed E-state index contributed by atoms with van der Waals surface area (Å²) in [4.78, 5) is 14.5. The fourth-order valence-corrected chi connectivity index (χ4v) is 4.14. The highest BCUT2D eigenvalue weighted by molar-refractivity contribution is 5.77. The minimum absolute atomic E-state index is 0.161. The van der Waals surface area contributed by atoms with E-state index in [-0.39, 0.29) is 11.4 Å². The molecule has 4 nitrogen and oxygen atoms in total. The van der Waals surface area contributed by atoms with Gasteiger partial charge in [-0.3, -0.25) is 4.79 Å². The Balaban J connectivity index is 1.42. The quantitative estimate of drug-likeness (QED) is 0.804. The lowest BCUT2D eigenvalue weighted by Crippen LogP contribution is -2.50. The van der Waals surface area contributed by atoms with Gasteiger partial charge in [-0.2, -0.15) is 0 Å². The van der Waals surface area contributed by atoms with Crippen LogP contribution in [-0.4, -0.2) is 42.0 Å². The van der Waals surface area contributed by atoms with Crippen molar-refractivity contribution in [2.24, 2.45) is 11.7 Å². The predicted molar refractivity (Wildman–Crippen MR) is 75.7 cm³/mol. The number of amides is 1. The van der Waals surface area contributed by atoms with E-state index in [1.807, 2.05) is 0 Å². The van der Waals surface area contributed by atoms with Crippen LogP contribution in [-0.2, 0) is 4.79 Å². The average Bonchev–Trinajstić information content (AvgIpc) is 2.58. The van der Waals surface area contributed by atoms with Gasteiger partial charge in [-0.15, -0.1) is 0 Å². The van der Waals surface area contributed by atoms with Gasteiger partial charge in [0.05, 0.1) is 0 Å². The molecule has 2 heterocycles. The van der Waals surface area contributed by atoms with Crippen molar-refractivity contribution in [1.82, 2.24) is 10.2 Å². The number of hydrogen-bond donors (Lipinski definition) is 2. The number of rotatable bonds is 4. The van der Waals surface area contributed by atoms with Crippen LogP contribution < -0.4 is 11.1 Å². The van der Waals surface area contributed by atoms with Gasteiger partial charge in [0, 0.05) is 30.6 Å². The van der Waals surface area contributed by atoms with Crippen LogP contribution in [0.15, 0.2) is 0 Å². The Morgan fingerprint density at radius 3 is 2.47 bits per heavy atom. The van der Waals surface area contributed by atoms with Crippen molar-refractivity contribution in [2.75, 3.05) is 13.6 Å². The highest BCUT2D eigenvalue weighted by Crippen LogP contribution is 2.37. The van der Waals surface area contributed by atoms with E-state index in [0.29, 0.717) is 12.3 Å². The minimum atomic E-state index is -0.185. The molecule has 0 aromatic heterocycles. The molecule has 3 rings (SSSR count). The summed E-state index contributed by atoms with van der Waals surface area (Å²) in [5, 5.41) is 3.12. The maximum absolute atomic E-state index is 11.9. The molecule has 0 aromatic rings. The molecular formula is C15H27N3O. The third-order valence-electron chi connectivity index (χ3n) is 5.65. The van der Waals surface area contributed by atoms with Crippen molar-refractivity contribution in [3.05, 3.63) is 0 Å². The van der Waals surface area contributed by atoms with Crippen molar-refractivity contribution >= 4 is 5.91 Å². The molecule has 4 heteroatoms. The highest BCUT2D eigenvalue weighted by atomic mass is 16.1. The highest BCUT2D eigenvalue weighted by Gasteiger charge is 2.39. The molecule has 3 fully saturated rings. The second-order valence-electron chi connectivity index (χ2n) is 7.08. The largest absolute Gasteiger partial charge is 0.356 e. The monoisotopic (exact) mass is 265 g/mol. The number of carbonyl (C=O) groups excluding carboxylic acids is 1. The Hall–Kier alpha value is -0.610. The van der Waals surface area contributed by atoms with Crippen LogP contribution in [0.2, 0.25) is 0 Å². The number of hydrogen-bond acceptors (Lipinski definition) is 3. The predicted octanol–water partition coefficient (Wildman–Crippen LogP) is 1.25. The summed E-state index contributed by atoms with van der Waals surface area (Å²) in [6.07, 6.45) is 8.92. The van der Waals surface area contributed by atoms with Gasteiger partial charge in [0.25, 0.3) is 0 Å². The van der Waals surface area contributed by atoms with E-state index in [1.165, 1.54) is 32.1 Å². The number of piperidine rings is 1. The number of fused-ring (bicyclic) bond motifs is 2. The van der Waals surface area contributed by atoms with E-state index >= 15 is 0 Å². The average molecular weight is 265 g/mol. The van der Waals surface area contributed by atoms with Gasteiger partial charge in [-0.1, -0.05) is 0 Å². The van der Waals surface area contributed by atoms with Gasteiger partial charge >= 0.3 is 0 Å². The van der Waals surface area contributed by atoms with E-state index in [4.69, 9.17) is 5.73 Å². The number of carbonyl (C=O) groups is 1. The molecular weight excluding hydrogens is 238 g/mol. The van der Waals surface area contributed by atoms with Crippen LogP contribution in [0.5, 0.6) is 0 Å². The Kier molecular flexibility index (Phi) is 3.56. The Morgan fingerprint density at radius 2 is 1.95 bits per heavy atom. The zero-order valence-electron chi connectivity index (χ0n) is 12.0. The van der Waals surface area contributed by atoms with Gasteiger partial charge in [0.2, 0.25) is 5.91 Å². The lowest BCUT2D eigenvalue weighted by molar-refractivity contribution is -0.123. The van der Waals surface area contributed by atoms with Gasteiger partial charge < -0.3 is 16.0 Å². The lowest BCUT2D eigenvalue weighted by atomic mass is 9.75. The summed E-state index contributed by atoms with van der Waals surface area (Å²) in [7, 11) is 2.26. The van der Waals surface area contributed by atoms with Crippen LogP contribution >= 0.6 is 0 Å². The standard InChI is InChI=1S/C15H27N3O/c1-18-12-3-4-13(18)8-11(7-12)10-17-14(19)9-15(16)5-2-6-15/h11-13H,2-10,16H2,1H3,(H,17,19). The normalized spacial score (nSPS) is 36.8. The van der Waals surface area contributed by atoms with E-state index in [0.717, 1.165) is 31.5 Å². The maximum atomic E-state index is 11.9. The first-order valence-electron chi connectivity index (χ1n) is 7.83. The summed E-state index contributed by atoms with van der Waals surface area (Å²) >= 11 is 0. The zero-order chi connectivity index (χ0) is 13.5. The summed E-state index contributed by atoms with van der Waals surface area (Å²) in [6.45, 7) is 0.857. The number of nitrogens with two attached hydrogens (primary N) is 1. The molecule has 1 amide bonds. The van der Waals surface area contributed by atoms with Crippen LogP contribution in [0.4, 0.5) is 0 Å². The van der Waals surface area contributed by atoms with Gasteiger partial charge in [0.15, 0.2) is 0 Å². The summed E-state index contributed by atoms with van der Waals surface area (Å²) in [6, 6.07) is 1.52. The molecule has 2 unspecified atom stereocenters. The third-order valence-corrected chi connectivity index (χ3v) is 5.65. The van der Waals surface area contributed by atoms with E-state index in [1.54, 1.807) is 0 Å². The van der Waals surface area contributed by atoms with Crippen molar-refractivity contribution in [3.63, 3.8) is 0 Å². The van der Waals surface area contributed by atoms with Gasteiger partial charge in [-0.25, -0.2) is 0 Å². The molecule has 3 N–H and O–H groups in total. The van der Waals surface area contributed by atoms with E-state index < -0.39 is 0 Å². The molecule has 108 valence electrons. The Morgan fingerprint density at radius 1 is 1.32 bits per heavy atom. The van der Waals surface area contributed by atoms with Crippen LogP contribution in [0.1, 0.15) is 51.4 Å². The van der Waals surface area contributed by atoms with Gasteiger partial charge in [0.1, 0.15) is 0 Å². The topological polar surface area (TPSA) is 58.4 Å². The van der Waals surface area contributed by atoms with Crippen molar-refractivity contribution < 1.29 is 4.79 Å². The van der Waals surface area contributed by atoms with E-state index in [9.17, 15) is 4.79 Å². The van der Waals surface area contributed by atoms with Crippen LogP contribution in [0.3, 0.4) is 0 Å². The summed E-state index contributed by atoms with van der Waals surface area (Å²) in [5.74, 6) is 0.834. The van der Waals surface area contributed by atoms with Gasteiger partial charge in [-0.05, 0) is 57.9 Å². The lowest BCUT2D eigenvalue weighted by Gasteiger charge is -2.38. The molecule has 2 bridgehead atoms. The first-order valence-corrected chi connectivity index (χ1v) is 7.83. The summed E-state index contributed by atoms with van der Waals surface area (Å²) in [5.41, 5.74) is 5.93. The molecule has 1 aliphatic carbocycles. The van der Waals surface area contributed by atoms with Crippen LogP contribution in [0.25, 0.3) is 0 Å². The zero-order valence-corrected chi connectivity index (χ0v) is 12.0. The Bertz CT molecular complexity index is 339. The van der Waals surface area contributed by atoms with Crippen molar-refractivity contribution in [1.29, 1.82) is 0 Å². The fraction of sp³-hybridized carbons (Fsp3) is 0.933. The molecule has 3 aliphatic rings. The first kappa shape index (κ1) is 13.4. The molecule has 2 aliphatic heterocycles. The fourth-order valence-electron chi connectivity index (χ4n) is 4.14. The summed E-state index contributed by atoms with van der Waals surface area (Å²) < 4.78 is 0. The van der Waals surface area contributed by atoms with E-state index in [2.05, 4.69) is 17.3 Å². The SMILES string of the molecule is CN1C2CCC1CC(CNC(=O)CC1(N)CCC1)C2.